The van der Waals surface area contributed by atoms with E-state index in [1.165, 1.54) is 19.3 Å². The summed E-state index contributed by atoms with van der Waals surface area (Å²) in [6.45, 7) is 3.66. The van der Waals surface area contributed by atoms with Crippen LogP contribution in [-0.4, -0.2) is 16.5 Å². The van der Waals surface area contributed by atoms with Crippen molar-refractivity contribution in [3.05, 3.63) is 0 Å². The minimum absolute atomic E-state index is 0.0237. The van der Waals surface area contributed by atoms with Crippen LogP contribution < -0.4 is 0 Å². The van der Waals surface area contributed by atoms with Gasteiger partial charge in [0, 0.05) is 5.41 Å². The first-order valence-electron chi connectivity index (χ1n) is 5.74. The molecule has 0 aliphatic heterocycles. The van der Waals surface area contributed by atoms with E-state index in [1.807, 2.05) is 0 Å². The third-order valence-corrected chi connectivity index (χ3v) is 4.78. The predicted octanol–water partition coefficient (Wildman–Crippen LogP) is 2.30. The van der Waals surface area contributed by atoms with Gasteiger partial charge in [-0.2, -0.15) is 0 Å². The summed E-state index contributed by atoms with van der Waals surface area (Å²) >= 11 is 0. The summed E-state index contributed by atoms with van der Waals surface area (Å²) in [7, 11) is 0. The summed E-state index contributed by atoms with van der Waals surface area (Å²) in [5, 5.41) is 10.5. The van der Waals surface area contributed by atoms with E-state index < -0.39 is 5.60 Å². The summed E-state index contributed by atoms with van der Waals surface area (Å²) in [6.07, 6.45) is 6.38. The SMILES string of the molecule is CC(=O)[C@@]1(O)CC[C@H]2CCCC[C@@]21C. The summed E-state index contributed by atoms with van der Waals surface area (Å²) in [5.74, 6) is 0.551. The van der Waals surface area contributed by atoms with E-state index in [0.717, 1.165) is 12.8 Å². The maximum Gasteiger partial charge on any atom is 0.161 e. The van der Waals surface area contributed by atoms with Gasteiger partial charge in [0.1, 0.15) is 5.60 Å². The molecule has 2 rings (SSSR count). The van der Waals surface area contributed by atoms with Crippen molar-refractivity contribution in [2.24, 2.45) is 11.3 Å². The molecule has 1 N–H and O–H groups in total. The maximum absolute atomic E-state index is 11.6. The number of hydrogen-bond acceptors (Lipinski definition) is 2. The number of hydrogen-bond donors (Lipinski definition) is 1. The molecule has 0 aromatic carbocycles. The molecule has 80 valence electrons. The van der Waals surface area contributed by atoms with Crippen LogP contribution in [-0.2, 0) is 4.79 Å². The van der Waals surface area contributed by atoms with Gasteiger partial charge in [0.05, 0.1) is 0 Å². The molecule has 0 unspecified atom stereocenters. The van der Waals surface area contributed by atoms with Gasteiger partial charge in [0.15, 0.2) is 5.78 Å². The molecule has 2 nitrogen and oxygen atoms in total. The standard InChI is InChI=1S/C12H20O2/c1-9(13)12(14)8-6-10-5-3-4-7-11(10,12)2/h10,14H,3-8H2,1-2H3/t10-,11+,12+/m1/s1. The fourth-order valence-corrected chi connectivity index (χ4v) is 3.66. The summed E-state index contributed by atoms with van der Waals surface area (Å²) < 4.78 is 0. The molecule has 2 aliphatic carbocycles. The highest BCUT2D eigenvalue weighted by molar-refractivity contribution is 5.86. The van der Waals surface area contributed by atoms with Crippen molar-refractivity contribution in [3.8, 4) is 0 Å². The number of carbonyl (C=O) groups excluding carboxylic acids is 1. The van der Waals surface area contributed by atoms with Gasteiger partial charge in [0.2, 0.25) is 0 Å². The molecule has 0 saturated heterocycles. The molecule has 0 spiro atoms. The number of fused-ring (bicyclic) bond motifs is 1. The van der Waals surface area contributed by atoms with Crippen molar-refractivity contribution >= 4 is 5.78 Å². The Kier molecular flexibility index (Phi) is 2.22. The van der Waals surface area contributed by atoms with Crippen molar-refractivity contribution in [2.45, 2.75) is 58.0 Å². The van der Waals surface area contributed by atoms with Crippen LogP contribution in [0.5, 0.6) is 0 Å². The lowest BCUT2D eigenvalue weighted by atomic mass is 9.62. The van der Waals surface area contributed by atoms with Crippen LogP contribution >= 0.6 is 0 Å². The second kappa shape index (κ2) is 3.06. The molecule has 0 amide bonds. The van der Waals surface area contributed by atoms with E-state index in [9.17, 15) is 9.90 Å². The Hall–Kier alpha value is -0.370. The fraction of sp³-hybridized carbons (Fsp3) is 0.917. The molecule has 2 aliphatic rings. The first-order valence-corrected chi connectivity index (χ1v) is 5.74. The highest BCUT2D eigenvalue weighted by Gasteiger charge is 2.59. The second-order valence-electron chi connectivity index (χ2n) is 5.32. The van der Waals surface area contributed by atoms with Crippen LogP contribution in [0.4, 0.5) is 0 Å². The Labute approximate surface area is 85.7 Å². The Morgan fingerprint density at radius 2 is 2.00 bits per heavy atom. The average molecular weight is 196 g/mol. The van der Waals surface area contributed by atoms with E-state index in [1.54, 1.807) is 6.92 Å². The van der Waals surface area contributed by atoms with Crippen molar-refractivity contribution in [1.82, 2.24) is 0 Å². The average Bonchev–Trinajstić information content (AvgIpc) is 2.41. The van der Waals surface area contributed by atoms with Gasteiger partial charge in [-0.3, -0.25) is 4.79 Å². The van der Waals surface area contributed by atoms with Gasteiger partial charge in [-0.25, -0.2) is 0 Å². The van der Waals surface area contributed by atoms with Crippen molar-refractivity contribution in [2.75, 3.05) is 0 Å². The van der Waals surface area contributed by atoms with E-state index in [2.05, 4.69) is 6.92 Å². The zero-order valence-corrected chi connectivity index (χ0v) is 9.18. The van der Waals surface area contributed by atoms with Crippen LogP contribution in [0.2, 0.25) is 0 Å². The lowest BCUT2D eigenvalue weighted by Crippen LogP contribution is -2.51. The zero-order chi connectivity index (χ0) is 10.4. The summed E-state index contributed by atoms with van der Waals surface area (Å²) in [4.78, 5) is 11.6. The molecule has 2 heteroatoms. The number of ketones is 1. The summed E-state index contributed by atoms with van der Waals surface area (Å²) in [5.41, 5.74) is -1.14. The van der Waals surface area contributed by atoms with Crippen LogP contribution in [0.15, 0.2) is 0 Å². The molecule has 0 radical (unpaired) electrons. The maximum atomic E-state index is 11.6. The van der Waals surface area contributed by atoms with E-state index in [4.69, 9.17) is 0 Å². The molecule has 0 aromatic rings. The Bertz CT molecular complexity index is 261. The lowest BCUT2D eigenvalue weighted by molar-refractivity contribution is -0.151. The van der Waals surface area contributed by atoms with Crippen LogP contribution in [0, 0.1) is 11.3 Å². The van der Waals surface area contributed by atoms with Gasteiger partial charge in [0.25, 0.3) is 0 Å². The van der Waals surface area contributed by atoms with Gasteiger partial charge >= 0.3 is 0 Å². The number of Topliss-reactive ketones (excluding diaryl/α,β-unsaturated/α-hetero) is 1. The van der Waals surface area contributed by atoms with E-state index in [0.29, 0.717) is 12.3 Å². The van der Waals surface area contributed by atoms with Crippen molar-refractivity contribution in [3.63, 3.8) is 0 Å². The molecular weight excluding hydrogens is 176 g/mol. The van der Waals surface area contributed by atoms with E-state index in [-0.39, 0.29) is 11.2 Å². The zero-order valence-electron chi connectivity index (χ0n) is 9.18. The Morgan fingerprint density at radius 3 is 2.64 bits per heavy atom. The quantitative estimate of drug-likeness (QED) is 0.698. The topological polar surface area (TPSA) is 37.3 Å². The third-order valence-electron chi connectivity index (χ3n) is 4.78. The van der Waals surface area contributed by atoms with Crippen LogP contribution in [0.3, 0.4) is 0 Å². The highest BCUT2D eigenvalue weighted by atomic mass is 16.3. The largest absolute Gasteiger partial charge is 0.382 e. The Balaban J connectivity index is 2.33. The molecule has 2 fully saturated rings. The van der Waals surface area contributed by atoms with Gasteiger partial charge in [-0.1, -0.05) is 19.8 Å². The monoisotopic (exact) mass is 196 g/mol. The first-order chi connectivity index (χ1) is 6.51. The van der Waals surface area contributed by atoms with Crippen molar-refractivity contribution in [1.29, 1.82) is 0 Å². The van der Waals surface area contributed by atoms with Gasteiger partial charge in [-0.15, -0.1) is 0 Å². The predicted molar refractivity (Wildman–Crippen MR) is 54.9 cm³/mol. The smallest absolute Gasteiger partial charge is 0.161 e. The summed E-state index contributed by atoms with van der Waals surface area (Å²) in [6, 6.07) is 0. The van der Waals surface area contributed by atoms with Crippen LogP contribution in [0.25, 0.3) is 0 Å². The normalized spacial score (nSPS) is 47.5. The first kappa shape index (κ1) is 10.2. The second-order valence-corrected chi connectivity index (χ2v) is 5.32. The molecule has 3 atom stereocenters. The highest BCUT2D eigenvalue weighted by Crippen LogP contribution is 2.57. The molecule has 14 heavy (non-hydrogen) atoms. The minimum Gasteiger partial charge on any atom is -0.382 e. The van der Waals surface area contributed by atoms with Gasteiger partial charge in [-0.05, 0) is 38.5 Å². The minimum atomic E-state index is -1.02. The third kappa shape index (κ3) is 1.10. The molecule has 0 heterocycles. The van der Waals surface area contributed by atoms with Crippen LogP contribution in [0.1, 0.15) is 52.4 Å². The molecule has 2 saturated carbocycles. The van der Waals surface area contributed by atoms with Gasteiger partial charge < -0.3 is 5.11 Å². The fourth-order valence-electron chi connectivity index (χ4n) is 3.66. The molecule has 0 aromatic heterocycles. The number of aliphatic hydroxyl groups is 1. The lowest BCUT2D eigenvalue weighted by Gasteiger charge is -2.44. The number of carbonyl (C=O) groups is 1. The number of rotatable bonds is 1. The van der Waals surface area contributed by atoms with E-state index >= 15 is 0 Å². The molecule has 0 bridgehead atoms. The molecular formula is C12H20O2. The van der Waals surface area contributed by atoms with Crippen molar-refractivity contribution < 1.29 is 9.90 Å². The Morgan fingerprint density at radius 1 is 1.29 bits per heavy atom.